The Morgan fingerprint density at radius 2 is 1.63 bits per heavy atom. The number of amides is 4. The van der Waals surface area contributed by atoms with Crippen LogP contribution in [-0.4, -0.2) is 46.9 Å². The second-order valence-corrected chi connectivity index (χ2v) is 10.1. The number of ether oxygens (including phenoxy) is 1. The van der Waals surface area contributed by atoms with E-state index in [4.69, 9.17) is 10.5 Å². The maximum atomic E-state index is 13.9. The molecule has 9 nitrogen and oxygen atoms in total. The molecule has 0 aliphatic heterocycles. The van der Waals surface area contributed by atoms with Gasteiger partial charge in [-0.1, -0.05) is 54.6 Å². The van der Waals surface area contributed by atoms with Crippen molar-refractivity contribution in [2.75, 3.05) is 11.9 Å². The molecule has 0 aliphatic carbocycles. The highest BCUT2D eigenvalue weighted by Crippen LogP contribution is 2.27. The van der Waals surface area contributed by atoms with Gasteiger partial charge in [-0.25, -0.2) is 4.79 Å². The summed E-state index contributed by atoms with van der Waals surface area (Å²) in [6.45, 7) is 12.6. The number of anilines is 1. The number of carbonyl (C=O) groups excluding carboxylic acids is 4. The number of rotatable bonds is 11. The van der Waals surface area contributed by atoms with Crippen molar-refractivity contribution in [3.8, 4) is 0 Å². The monoisotopic (exact) mass is 522 g/mol. The fraction of sp³-hybridized carbons (Fsp3) is 0.379. The van der Waals surface area contributed by atoms with Gasteiger partial charge in [-0.2, -0.15) is 0 Å². The van der Waals surface area contributed by atoms with Crippen LogP contribution in [-0.2, 0) is 19.1 Å². The van der Waals surface area contributed by atoms with E-state index >= 15 is 0 Å². The Balaban J connectivity index is 2.50. The first-order chi connectivity index (χ1) is 17.8. The molecular weight excluding hydrogens is 484 g/mol. The zero-order chi connectivity index (χ0) is 28.5. The molecular formula is C29H38N4O5. The molecule has 0 saturated carbocycles. The number of hydrogen-bond acceptors (Lipinski definition) is 5. The Bertz CT molecular complexity index is 1140. The van der Waals surface area contributed by atoms with Gasteiger partial charge < -0.3 is 26.0 Å². The van der Waals surface area contributed by atoms with E-state index in [1.54, 1.807) is 45.0 Å². The van der Waals surface area contributed by atoms with Gasteiger partial charge in [0.2, 0.25) is 11.8 Å². The Kier molecular flexibility index (Phi) is 10.6. The van der Waals surface area contributed by atoms with E-state index in [-0.39, 0.29) is 19.4 Å². The largest absolute Gasteiger partial charge is 0.444 e. The molecule has 2 unspecified atom stereocenters. The molecule has 0 bridgehead atoms. The van der Waals surface area contributed by atoms with Crippen LogP contribution in [0.4, 0.5) is 10.5 Å². The van der Waals surface area contributed by atoms with Crippen LogP contribution in [0.3, 0.4) is 0 Å². The Morgan fingerprint density at radius 3 is 2.16 bits per heavy atom. The molecule has 0 fully saturated rings. The second kappa shape index (κ2) is 13.4. The quantitative estimate of drug-likeness (QED) is 0.382. The first kappa shape index (κ1) is 30.1. The van der Waals surface area contributed by atoms with Crippen LogP contribution in [0.25, 0.3) is 0 Å². The van der Waals surface area contributed by atoms with Crippen molar-refractivity contribution < 1.29 is 23.9 Å². The van der Waals surface area contributed by atoms with E-state index in [0.717, 1.165) is 11.1 Å². The summed E-state index contributed by atoms with van der Waals surface area (Å²) in [6.07, 6.45) is 0.452. The van der Waals surface area contributed by atoms with Gasteiger partial charge in [-0.15, -0.1) is 6.58 Å². The number of benzene rings is 2. The van der Waals surface area contributed by atoms with E-state index < -0.39 is 41.5 Å². The van der Waals surface area contributed by atoms with Gasteiger partial charge in [0.1, 0.15) is 17.7 Å². The van der Waals surface area contributed by atoms with Gasteiger partial charge >= 0.3 is 6.09 Å². The van der Waals surface area contributed by atoms with E-state index in [0.29, 0.717) is 11.3 Å². The molecule has 2 aromatic rings. The van der Waals surface area contributed by atoms with Crippen LogP contribution in [0.1, 0.15) is 56.3 Å². The average molecular weight is 523 g/mol. The summed E-state index contributed by atoms with van der Waals surface area (Å²) in [7, 11) is 0. The van der Waals surface area contributed by atoms with Crippen molar-refractivity contribution in [1.29, 1.82) is 0 Å². The van der Waals surface area contributed by atoms with Gasteiger partial charge in [-0.3, -0.25) is 14.4 Å². The number of carbonyl (C=O) groups is 4. The zero-order valence-corrected chi connectivity index (χ0v) is 22.7. The lowest BCUT2D eigenvalue weighted by atomic mass is 10.0. The van der Waals surface area contributed by atoms with E-state index in [9.17, 15) is 19.2 Å². The lowest BCUT2D eigenvalue weighted by Crippen LogP contribution is -2.52. The topological polar surface area (TPSA) is 131 Å². The smallest absolute Gasteiger partial charge is 0.408 e. The number of aryl methyl sites for hydroxylation is 2. The molecule has 0 radical (unpaired) electrons. The van der Waals surface area contributed by atoms with Crippen molar-refractivity contribution in [2.45, 2.75) is 65.1 Å². The Hall–Kier alpha value is -4.14. The molecule has 4 amide bonds. The van der Waals surface area contributed by atoms with E-state index in [1.807, 2.05) is 38.1 Å². The third-order valence-electron chi connectivity index (χ3n) is 5.68. The highest BCUT2D eigenvalue weighted by Gasteiger charge is 2.36. The molecule has 38 heavy (non-hydrogen) atoms. The predicted octanol–water partition coefficient (Wildman–Crippen LogP) is 4.16. The first-order valence-corrected chi connectivity index (χ1v) is 12.4. The van der Waals surface area contributed by atoms with Gasteiger partial charge in [0.15, 0.2) is 0 Å². The predicted molar refractivity (Wildman–Crippen MR) is 147 cm³/mol. The number of alkyl carbamates (subject to hydrolysis) is 1. The van der Waals surface area contributed by atoms with Crippen LogP contribution >= 0.6 is 0 Å². The van der Waals surface area contributed by atoms with Crippen molar-refractivity contribution >= 4 is 29.5 Å². The van der Waals surface area contributed by atoms with Crippen molar-refractivity contribution in [1.82, 2.24) is 10.2 Å². The molecule has 0 spiro atoms. The minimum atomic E-state index is -1.17. The molecule has 2 aromatic carbocycles. The normalized spacial score (nSPS) is 12.6. The molecule has 0 aromatic heterocycles. The van der Waals surface area contributed by atoms with Crippen LogP contribution in [0.5, 0.6) is 0 Å². The lowest BCUT2D eigenvalue weighted by molar-refractivity contribution is -0.140. The number of hydrogen-bond donors (Lipinski definition) is 3. The minimum Gasteiger partial charge on any atom is -0.444 e. The summed E-state index contributed by atoms with van der Waals surface area (Å²) in [5.41, 5.74) is 7.49. The standard InChI is InChI=1S/C29H38N4O5/c1-7-18-33(27(36)22(16-17-23(30)34)31-28(37)38-29(4,5)6)25(21-14-9-8-10-15-21)26(35)32-24-19(2)12-11-13-20(24)3/h7-15,22,25H,1,16-18H2,2-6H3,(H2,30,34)(H,31,37)(H,32,35). The summed E-state index contributed by atoms with van der Waals surface area (Å²) >= 11 is 0. The zero-order valence-electron chi connectivity index (χ0n) is 22.7. The third kappa shape index (κ3) is 8.76. The summed E-state index contributed by atoms with van der Waals surface area (Å²) in [5, 5.41) is 5.53. The highest BCUT2D eigenvalue weighted by atomic mass is 16.6. The van der Waals surface area contributed by atoms with Gasteiger partial charge in [0.25, 0.3) is 5.91 Å². The van der Waals surface area contributed by atoms with Gasteiger partial charge in [0.05, 0.1) is 0 Å². The number of primary amides is 1. The summed E-state index contributed by atoms with van der Waals surface area (Å²) < 4.78 is 5.33. The minimum absolute atomic E-state index is 0.00163. The van der Waals surface area contributed by atoms with Gasteiger partial charge in [0, 0.05) is 18.7 Å². The first-order valence-electron chi connectivity index (χ1n) is 12.4. The molecule has 0 aliphatic rings. The number of nitrogens with zero attached hydrogens (tertiary/aromatic N) is 1. The molecule has 204 valence electrons. The van der Waals surface area contributed by atoms with Crippen molar-refractivity contribution in [3.63, 3.8) is 0 Å². The highest BCUT2D eigenvalue weighted by molar-refractivity contribution is 6.00. The van der Waals surface area contributed by atoms with Crippen LogP contribution in [0.15, 0.2) is 61.2 Å². The Labute approximate surface area is 224 Å². The maximum Gasteiger partial charge on any atom is 0.408 e. The fourth-order valence-corrected chi connectivity index (χ4v) is 3.97. The summed E-state index contributed by atoms with van der Waals surface area (Å²) in [6, 6.07) is 12.3. The van der Waals surface area contributed by atoms with Gasteiger partial charge in [-0.05, 0) is 57.7 Å². The van der Waals surface area contributed by atoms with E-state index in [1.165, 1.54) is 11.0 Å². The third-order valence-corrected chi connectivity index (χ3v) is 5.68. The van der Waals surface area contributed by atoms with Crippen LogP contribution in [0, 0.1) is 13.8 Å². The molecule has 9 heteroatoms. The molecule has 2 rings (SSSR count). The molecule has 0 heterocycles. The summed E-state index contributed by atoms with van der Waals surface area (Å²) in [4.78, 5) is 53.2. The van der Waals surface area contributed by atoms with Crippen LogP contribution < -0.4 is 16.4 Å². The van der Waals surface area contributed by atoms with Crippen molar-refractivity contribution in [2.24, 2.45) is 5.73 Å². The lowest BCUT2D eigenvalue weighted by Gasteiger charge is -2.34. The SMILES string of the molecule is C=CCN(C(=O)C(CCC(N)=O)NC(=O)OC(C)(C)C)C(C(=O)Nc1c(C)cccc1C)c1ccccc1. The number of para-hydroxylation sites is 1. The molecule has 2 atom stereocenters. The maximum absolute atomic E-state index is 13.9. The summed E-state index contributed by atoms with van der Waals surface area (Å²) in [5.74, 6) is -1.64. The van der Waals surface area contributed by atoms with Crippen LogP contribution in [0.2, 0.25) is 0 Å². The Morgan fingerprint density at radius 1 is 1.03 bits per heavy atom. The number of nitrogens with one attached hydrogen (secondary N) is 2. The fourth-order valence-electron chi connectivity index (χ4n) is 3.97. The second-order valence-electron chi connectivity index (χ2n) is 10.1. The van der Waals surface area contributed by atoms with E-state index in [2.05, 4.69) is 17.2 Å². The molecule has 0 saturated heterocycles. The number of nitrogens with two attached hydrogens (primary N) is 1. The average Bonchev–Trinajstić information content (AvgIpc) is 2.83. The molecule has 4 N–H and O–H groups in total. The van der Waals surface area contributed by atoms with Crippen molar-refractivity contribution in [3.05, 3.63) is 77.9 Å².